The molecular weight excluding hydrogens is 428 g/mol. The van der Waals surface area contributed by atoms with E-state index in [1.165, 1.54) is 10.8 Å². The number of rotatable bonds is 10. The largest absolute Gasteiger partial charge is 0.383 e. The minimum atomic E-state index is -2.74. The highest BCUT2D eigenvalue weighted by molar-refractivity contribution is 7.07. The number of nitrogens with one attached hydrogen (secondary N) is 3. The van der Waals surface area contributed by atoms with E-state index in [4.69, 9.17) is 4.74 Å². The van der Waals surface area contributed by atoms with E-state index < -0.39 is 24.4 Å². The van der Waals surface area contributed by atoms with Gasteiger partial charge in [-0.05, 0) is 25.1 Å². The Bertz CT molecular complexity index is 1120. The highest BCUT2D eigenvalue weighted by Gasteiger charge is 2.16. The lowest BCUT2D eigenvalue weighted by Gasteiger charge is -2.07. The molecule has 0 spiro atoms. The maximum Gasteiger partial charge on any atom is 0.270 e. The van der Waals surface area contributed by atoms with Crippen LogP contribution in [-0.4, -0.2) is 43.7 Å². The number of anilines is 2. The minimum Gasteiger partial charge on any atom is -0.383 e. The van der Waals surface area contributed by atoms with Crippen LogP contribution in [0.4, 0.5) is 20.2 Å². The Morgan fingerprint density at radius 3 is 2.77 bits per heavy atom. The van der Waals surface area contributed by atoms with Gasteiger partial charge in [0.05, 0.1) is 13.2 Å². The predicted octanol–water partition coefficient (Wildman–Crippen LogP) is 0.894. The zero-order valence-corrected chi connectivity index (χ0v) is 17.9. The van der Waals surface area contributed by atoms with Crippen LogP contribution in [-0.2, 0) is 16.1 Å². The number of aromatic nitrogens is 1. The Morgan fingerprint density at radius 2 is 2.13 bits per heavy atom. The Kier molecular flexibility index (Phi) is 9.17. The molecule has 2 aromatic rings. The van der Waals surface area contributed by atoms with Crippen LogP contribution in [0.1, 0.15) is 6.92 Å². The fourth-order valence-corrected chi connectivity index (χ4v) is 3.70. The molecule has 1 amide bonds. The number of halogens is 2. The third kappa shape index (κ3) is 6.63. The van der Waals surface area contributed by atoms with E-state index in [0.29, 0.717) is 13.2 Å². The monoisotopic (exact) mass is 451 g/mol. The first-order valence-corrected chi connectivity index (χ1v) is 10.2. The average Bonchev–Trinajstić information content (AvgIpc) is 3.07. The molecular formula is C20H23F2N5O3S. The first kappa shape index (κ1) is 24.0. The van der Waals surface area contributed by atoms with Gasteiger partial charge in [-0.25, -0.2) is 8.78 Å². The molecule has 2 rings (SSSR count). The molecule has 0 aliphatic rings. The summed E-state index contributed by atoms with van der Waals surface area (Å²) in [6.07, 6.45) is -1.25. The van der Waals surface area contributed by atoms with Crippen LogP contribution in [0.3, 0.4) is 0 Å². The number of hydrogen-bond donors (Lipinski definition) is 3. The molecule has 0 unspecified atom stereocenters. The van der Waals surface area contributed by atoms with Crippen LogP contribution in [0.5, 0.6) is 0 Å². The summed E-state index contributed by atoms with van der Waals surface area (Å²) >= 11 is 0.939. The lowest BCUT2D eigenvalue weighted by molar-refractivity contribution is -0.116. The number of methoxy groups -OCH3 is 1. The van der Waals surface area contributed by atoms with Gasteiger partial charge in [-0.3, -0.25) is 14.2 Å². The second kappa shape index (κ2) is 11.8. The van der Waals surface area contributed by atoms with Crippen molar-refractivity contribution in [3.8, 4) is 6.07 Å². The van der Waals surface area contributed by atoms with Crippen molar-refractivity contribution in [3.63, 3.8) is 0 Å². The van der Waals surface area contributed by atoms with Gasteiger partial charge in [0.1, 0.15) is 15.3 Å². The Hall–Kier alpha value is -3.23. The standard InChI is InChI=1S/C20H23F2N5O3S/c1-3-27-19(29)16(31-20(27)15(10-23)18(28)26-12-17(21)22)11-25-14-6-4-5-13(9-14)24-7-8-30-2/h4-6,9,11,17,24-25H,3,7-8,12H2,1-2H3,(H,26,28). The number of carbonyl (C=O) groups excluding carboxylic acids is 1. The summed E-state index contributed by atoms with van der Waals surface area (Å²) in [5.41, 5.74) is 0.815. The zero-order valence-electron chi connectivity index (χ0n) is 17.1. The number of alkyl halides is 2. The van der Waals surface area contributed by atoms with E-state index in [1.54, 1.807) is 20.1 Å². The van der Waals surface area contributed by atoms with Crippen molar-refractivity contribution in [2.45, 2.75) is 19.9 Å². The molecule has 0 radical (unpaired) electrons. The van der Waals surface area contributed by atoms with Crippen LogP contribution >= 0.6 is 11.3 Å². The molecule has 11 heteroatoms. The van der Waals surface area contributed by atoms with Crippen molar-refractivity contribution in [1.29, 1.82) is 5.26 Å². The molecule has 0 saturated carbocycles. The predicted molar refractivity (Wildman–Crippen MR) is 116 cm³/mol. The summed E-state index contributed by atoms with van der Waals surface area (Å²) < 4.78 is 31.4. The van der Waals surface area contributed by atoms with Gasteiger partial charge >= 0.3 is 0 Å². The molecule has 31 heavy (non-hydrogen) atoms. The molecule has 1 heterocycles. The van der Waals surface area contributed by atoms with Crippen molar-refractivity contribution < 1.29 is 18.3 Å². The first-order valence-electron chi connectivity index (χ1n) is 9.41. The molecule has 0 atom stereocenters. The fraction of sp³-hybridized carbons (Fsp3) is 0.350. The van der Waals surface area contributed by atoms with Crippen LogP contribution < -0.4 is 30.7 Å². The van der Waals surface area contributed by atoms with Gasteiger partial charge in [-0.2, -0.15) is 5.26 Å². The molecule has 1 aromatic carbocycles. The number of amides is 1. The number of carbonyl (C=O) groups is 1. The normalized spacial score (nSPS) is 12.5. The van der Waals surface area contributed by atoms with Crippen molar-refractivity contribution >= 4 is 40.4 Å². The van der Waals surface area contributed by atoms with Gasteiger partial charge in [0.2, 0.25) is 0 Å². The third-order valence-electron chi connectivity index (χ3n) is 4.06. The SMILES string of the molecule is CCn1c(=C(C#N)C(=O)NCC(F)F)sc(=CNc2cccc(NCCOC)c2)c1=O. The van der Waals surface area contributed by atoms with Crippen molar-refractivity contribution in [3.05, 3.63) is 43.8 Å². The molecule has 0 saturated heterocycles. The molecule has 166 valence electrons. The van der Waals surface area contributed by atoms with Gasteiger partial charge in [0.25, 0.3) is 17.9 Å². The number of thiazole rings is 1. The number of nitrogens with zero attached hydrogens (tertiary/aromatic N) is 2. The molecule has 0 aliphatic heterocycles. The number of benzene rings is 1. The summed E-state index contributed by atoms with van der Waals surface area (Å²) in [7, 11) is 1.62. The van der Waals surface area contributed by atoms with Gasteiger partial charge in [-0.15, -0.1) is 11.3 Å². The van der Waals surface area contributed by atoms with E-state index in [1.807, 2.05) is 29.6 Å². The van der Waals surface area contributed by atoms with Gasteiger partial charge in [0.15, 0.2) is 5.57 Å². The summed E-state index contributed by atoms with van der Waals surface area (Å²) in [6, 6.07) is 9.11. The Morgan fingerprint density at radius 1 is 1.39 bits per heavy atom. The molecule has 0 fully saturated rings. The number of nitriles is 1. The van der Waals surface area contributed by atoms with Gasteiger partial charge < -0.3 is 20.7 Å². The van der Waals surface area contributed by atoms with E-state index in [0.717, 1.165) is 22.7 Å². The molecule has 0 bridgehead atoms. The number of hydrogen-bond acceptors (Lipinski definition) is 7. The van der Waals surface area contributed by atoms with E-state index in [9.17, 15) is 23.6 Å². The van der Waals surface area contributed by atoms with E-state index >= 15 is 0 Å². The lowest BCUT2D eigenvalue weighted by atomic mass is 10.3. The Labute approximate surface area is 181 Å². The summed E-state index contributed by atoms with van der Waals surface area (Å²) in [4.78, 5) is 24.8. The number of ether oxygens (including phenoxy) is 1. The summed E-state index contributed by atoms with van der Waals surface area (Å²) in [5.74, 6) is -0.944. The first-order chi connectivity index (χ1) is 14.9. The second-order valence-electron chi connectivity index (χ2n) is 6.20. The van der Waals surface area contributed by atoms with Crippen LogP contribution in [0, 0.1) is 11.3 Å². The van der Waals surface area contributed by atoms with Crippen LogP contribution in [0.15, 0.2) is 29.1 Å². The van der Waals surface area contributed by atoms with Gasteiger partial charge in [-0.1, -0.05) is 6.07 Å². The highest BCUT2D eigenvalue weighted by atomic mass is 32.1. The maximum absolute atomic E-state index is 12.7. The Balaban J connectivity index is 2.37. The van der Waals surface area contributed by atoms with Crippen LogP contribution in [0.25, 0.3) is 11.8 Å². The topological polar surface area (TPSA) is 108 Å². The van der Waals surface area contributed by atoms with Crippen molar-refractivity contribution in [1.82, 2.24) is 9.88 Å². The summed E-state index contributed by atoms with van der Waals surface area (Å²) in [6.45, 7) is 2.22. The minimum absolute atomic E-state index is 0.116. The molecule has 3 N–H and O–H groups in total. The smallest absolute Gasteiger partial charge is 0.270 e. The van der Waals surface area contributed by atoms with E-state index in [2.05, 4.69) is 10.6 Å². The highest BCUT2D eigenvalue weighted by Crippen LogP contribution is 2.14. The van der Waals surface area contributed by atoms with Gasteiger partial charge in [0, 0.05) is 37.8 Å². The maximum atomic E-state index is 12.7. The van der Waals surface area contributed by atoms with Crippen molar-refractivity contribution in [2.24, 2.45) is 0 Å². The van der Waals surface area contributed by atoms with Crippen molar-refractivity contribution in [2.75, 3.05) is 37.4 Å². The average molecular weight is 451 g/mol. The molecule has 8 nitrogen and oxygen atoms in total. The quantitative estimate of drug-likeness (QED) is 0.463. The third-order valence-corrected chi connectivity index (χ3v) is 5.19. The van der Waals surface area contributed by atoms with E-state index in [-0.39, 0.29) is 21.3 Å². The molecule has 1 aromatic heterocycles. The lowest BCUT2D eigenvalue weighted by Crippen LogP contribution is -2.35. The second-order valence-corrected chi connectivity index (χ2v) is 7.23. The van der Waals surface area contributed by atoms with Crippen LogP contribution in [0.2, 0.25) is 0 Å². The molecule has 0 aliphatic carbocycles. The fourth-order valence-electron chi connectivity index (χ4n) is 2.61. The summed E-state index contributed by atoms with van der Waals surface area (Å²) in [5, 5.41) is 17.6. The zero-order chi connectivity index (χ0) is 22.8.